The molecule has 146 valence electrons. The number of carbonyl (C=O) groups is 1. The average Bonchev–Trinajstić information content (AvgIpc) is 3.10. The van der Waals surface area contributed by atoms with Gasteiger partial charge >= 0.3 is 5.97 Å². The summed E-state index contributed by atoms with van der Waals surface area (Å²) in [6.45, 7) is 3.58. The quantitative estimate of drug-likeness (QED) is 0.785. The number of hydrogen-bond acceptors (Lipinski definition) is 5. The van der Waals surface area contributed by atoms with Crippen molar-refractivity contribution in [1.29, 1.82) is 0 Å². The SMILES string of the molecule is CCc1ccc(C2CNCCN2S(=O)(=O)c2cc(C(=O)OC)n(C)c2)cc1. The number of methoxy groups -OCH3 is 1. The van der Waals surface area contributed by atoms with Crippen LogP contribution in [0.4, 0.5) is 0 Å². The number of piperazine rings is 1. The zero-order valence-electron chi connectivity index (χ0n) is 15.8. The fourth-order valence-corrected chi connectivity index (χ4v) is 5.04. The van der Waals surface area contributed by atoms with Gasteiger partial charge in [0, 0.05) is 32.9 Å². The van der Waals surface area contributed by atoms with Crippen molar-refractivity contribution in [3.05, 3.63) is 53.3 Å². The summed E-state index contributed by atoms with van der Waals surface area (Å²) >= 11 is 0. The van der Waals surface area contributed by atoms with E-state index >= 15 is 0 Å². The van der Waals surface area contributed by atoms with Crippen LogP contribution in [0.25, 0.3) is 0 Å². The first-order valence-electron chi connectivity index (χ1n) is 8.94. The Morgan fingerprint density at radius 1 is 1.30 bits per heavy atom. The van der Waals surface area contributed by atoms with Crippen molar-refractivity contribution in [2.24, 2.45) is 7.05 Å². The van der Waals surface area contributed by atoms with Crippen LogP contribution in [0, 0.1) is 0 Å². The van der Waals surface area contributed by atoms with Crippen LogP contribution < -0.4 is 5.32 Å². The third kappa shape index (κ3) is 3.78. The molecule has 3 rings (SSSR count). The number of rotatable bonds is 5. The monoisotopic (exact) mass is 391 g/mol. The standard InChI is InChI=1S/C19H25N3O4S/c1-4-14-5-7-15(8-6-14)18-12-20-9-10-22(18)27(24,25)16-11-17(19(23)26-3)21(2)13-16/h5-8,11,13,18,20H,4,9-10,12H2,1-3H3. The number of carbonyl (C=O) groups excluding carboxylic acids is 1. The van der Waals surface area contributed by atoms with Crippen molar-refractivity contribution >= 4 is 16.0 Å². The predicted octanol–water partition coefficient (Wildman–Crippen LogP) is 1.71. The molecule has 1 atom stereocenters. The molecule has 0 bridgehead atoms. The van der Waals surface area contributed by atoms with Crippen molar-refractivity contribution in [1.82, 2.24) is 14.2 Å². The van der Waals surface area contributed by atoms with E-state index in [1.54, 1.807) is 7.05 Å². The molecule has 0 aliphatic carbocycles. The number of hydrogen-bond donors (Lipinski definition) is 1. The van der Waals surface area contributed by atoms with Gasteiger partial charge in [-0.2, -0.15) is 4.31 Å². The van der Waals surface area contributed by atoms with E-state index in [0.717, 1.165) is 12.0 Å². The van der Waals surface area contributed by atoms with Crippen molar-refractivity contribution in [2.75, 3.05) is 26.7 Å². The van der Waals surface area contributed by atoms with Crippen LogP contribution in [-0.2, 0) is 28.2 Å². The van der Waals surface area contributed by atoms with E-state index in [9.17, 15) is 13.2 Å². The number of benzene rings is 1. The summed E-state index contributed by atoms with van der Waals surface area (Å²) in [6, 6.07) is 9.13. The first-order valence-corrected chi connectivity index (χ1v) is 10.4. The molecule has 27 heavy (non-hydrogen) atoms. The molecule has 0 amide bonds. The second-order valence-electron chi connectivity index (χ2n) is 6.59. The molecule has 1 N–H and O–H groups in total. The maximum absolute atomic E-state index is 13.3. The molecule has 0 spiro atoms. The van der Waals surface area contributed by atoms with E-state index in [1.807, 2.05) is 24.3 Å². The Morgan fingerprint density at radius 3 is 2.63 bits per heavy atom. The van der Waals surface area contributed by atoms with Crippen LogP contribution in [-0.4, -0.2) is 50.0 Å². The molecule has 2 heterocycles. The molecule has 0 radical (unpaired) electrons. The zero-order valence-corrected chi connectivity index (χ0v) is 16.6. The van der Waals surface area contributed by atoms with Gasteiger partial charge in [0.1, 0.15) is 10.6 Å². The third-order valence-corrected chi connectivity index (χ3v) is 6.82. The summed E-state index contributed by atoms with van der Waals surface area (Å²) < 4.78 is 34.3. The largest absolute Gasteiger partial charge is 0.464 e. The van der Waals surface area contributed by atoms with Crippen LogP contribution in [0.15, 0.2) is 41.4 Å². The molecule has 1 unspecified atom stereocenters. The van der Waals surface area contributed by atoms with Crippen LogP contribution in [0.3, 0.4) is 0 Å². The van der Waals surface area contributed by atoms with Gasteiger partial charge in [-0.25, -0.2) is 13.2 Å². The van der Waals surface area contributed by atoms with E-state index in [-0.39, 0.29) is 16.6 Å². The number of nitrogens with one attached hydrogen (secondary N) is 1. The third-order valence-electron chi connectivity index (χ3n) is 4.95. The summed E-state index contributed by atoms with van der Waals surface area (Å²) in [5.41, 5.74) is 2.37. The van der Waals surface area contributed by atoms with E-state index in [4.69, 9.17) is 4.74 Å². The first kappa shape index (κ1) is 19.6. The minimum Gasteiger partial charge on any atom is -0.464 e. The van der Waals surface area contributed by atoms with Crippen LogP contribution in [0.5, 0.6) is 0 Å². The molecule has 1 aromatic carbocycles. The molecule has 7 nitrogen and oxygen atoms in total. The summed E-state index contributed by atoms with van der Waals surface area (Å²) in [5, 5.41) is 3.27. The lowest BCUT2D eigenvalue weighted by Crippen LogP contribution is -2.48. The molecule has 1 fully saturated rings. The number of ether oxygens (including phenoxy) is 1. The summed E-state index contributed by atoms with van der Waals surface area (Å²) in [5.74, 6) is -0.564. The lowest BCUT2D eigenvalue weighted by molar-refractivity contribution is 0.0590. The fourth-order valence-electron chi connectivity index (χ4n) is 3.35. The smallest absolute Gasteiger partial charge is 0.354 e. The van der Waals surface area contributed by atoms with Gasteiger partial charge in [0.15, 0.2) is 0 Å². The second kappa shape index (κ2) is 7.84. The molecular formula is C19H25N3O4S. The van der Waals surface area contributed by atoms with Gasteiger partial charge in [-0.3, -0.25) is 0 Å². The lowest BCUT2D eigenvalue weighted by atomic mass is 10.0. The van der Waals surface area contributed by atoms with Gasteiger partial charge in [0.25, 0.3) is 0 Å². The second-order valence-corrected chi connectivity index (χ2v) is 8.48. The molecule has 1 aromatic heterocycles. The van der Waals surface area contributed by atoms with E-state index in [1.165, 1.54) is 33.8 Å². The highest BCUT2D eigenvalue weighted by molar-refractivity contribution is 7.89. The Labute approximate surface area is 160 Å². The number of sulfonamides is 1. The Bertz CT molecular complexity index is 919. The Kier molecular flexibility index (Phi) is 5.69. The van der Waals surface area contributed by atoms with Gasteiger partial charge < -0.3 is 14.6 Å². The molecule has 0 saturated carbocycles. The molecule has 2 aromatic rings. The Morgan fingerprint density at radius 2 is 2.00 bits per heavy atom. The maximum atomic E-state index is 13.3. The average molecular weight is 391 g/mol. The van der Waals surface area contributed by atoms with Crippen molar-refractivity contribution in [3.63, 3.8) is 0 Å². The minimum absolute atomic E-state index is 0.0995. The van der Waals surface area contributed by atoms with E-state index < -0.39 is 16.0 Å². The van der Waals surface area contributed by atoms with E-state index in [2.05, 4.69) is 12.2 Å². The Balaban J connectivity index is 1.96. The predicted molar refractivity (Wildman–Crippen MR) is 102 cm³/mol. The Hall–Kier alpha value is -2.16. The topological polar surface area (TPSA) is 80.6 Å². The van der Waals surface area contributed by atoms with Gasteiger partial charge in [0.05, 0.1) is 13.2 Å². The molecular weight excluding hydrogens is 366 g/mol. The highest BCUT2D eigenvalue weighted by Gasteiger charge is 2.35. The van der Waals surface area contributed by atoms with Crippen LogP contribution in [0.2, 0.25) is 0 Å². The molecule has 1 aliphatic rings. The first-order chi connectivity index (χ1) is 12.9. The molecule has 8 heteroatoms. The van der Waals surface area contributed by atoms with Gasteiger partial charge in [-0.1, -0.05) is 31.2 Å². The highest BCUT2D eigenvalue weighted by Crippen LogP contribution is 2.30. The van der Waals surface area contributed by atoms with Gasteiger partial charge in [-0.15, -0.1) is 0 Å². The number of aromatic nitrogens is 1. The van der Waals surface area contributed by atoms with Crippen molar-refractivity contribution in [3.8, 4) is 0 Å². The summed E-state index contributed by atoms with van der Waals surface area (Å²) in [7, 11) is -0.851. The molecule has 1 saturated heterocycles. The van der Waals surface area contributed by atoms with Gasteiger partial charge in [-0.05, 0) is 23.6 Å². The number of esters is 1. The van der Waals surface area contributed by atoms with Gasteiger partial charge in [0.2, 0.25) is 10.0 Å². The van der Waals surface area contributed by atoms with Crippen molar-refractivity contribution < 1.29 is 17.9 Å². The summed E-state index contributed by atoms with van der Waals surface area (Å²) in [4.78, 5) is 11.9. The molecule has 1 aliphatic heterocycles. The lowest BCUT2D eigenvalue weighted by Gasteiger charge is -2.35. The summed E-state index contributed by atoms with van der Waals surface area (Å²) in [6.07, 6.45) is 2.40. The van der Waals surface area contributed by atoms with E-state index in [0.29, 0.717) is 19.6 Å². The fraction of sp³-hybridized carbons (Fsp3) is 0.421. The zero-order chi connectivity index (χ0) is 19.6. The van der Waals surface area contributed by atoms with Crippen LogP contribution in [0.1, 0.15) is 34.6 Å². The highest BCUT2D eigenvalue weighted by atomic mass is 32.2. The van der Waals surface area contributed by atoms with Crippen molar-refractivity contribution in [2.45, 2.75) is 24.3 Å². The number of aryl methyl sites for hydroxylation is 2. The maximum Gasteiger partial charge on any atom is 0.354 e. The minimum atomic E-state index is -3.75. The normalized spacial score (nSPS) is 18.4. The van der Waals surface area contributed by atoms with Crippen LogP contribution >= 0.6 is 0 Å². The number of nitrogens with zero attached hydrogens (tertiary/aromatic N) is 2.